The number of hydrogen-bond donors (Lipinski definition) is 0. The molecule has 2 atom stereocenters. The molecule has 9 nitrogen and oxygen atoms in total. The number of rotatable bonds is 4. The highest BCUT2D eigenvalue weighted by Crippen LogP contribution is 2.47. The van der Waals surface area contributed by atoms with E-state index in [1.165, 1.54) is 11.3 Å². The molecule has 3 aromatic heterocycles. The fourth-order valence-electron chi connectivity index (χ4n) is 5.99. The summed E-state index contributed by atoms with van der Waals surface area (Å²) in [6, 6.07) is 1.52. The van der Waals surface area contributed by atoms with Crippen LogP contribution in [0.25, 0.3) is 20.3 Å². The van der Waals surface area contributed by atoms with Crippen molar-refractivity contribution in [3.63, 3.8) is 0 Å². The van der Waals surface area contributed by atoms with Crippen molar-refractivity contribution in [3.8, 4) is 6.01 Å². The van der Waals surface area contributed by atoms with Gasteiger partial charge in [-0.15, -0.1) is 11.3 Å². The number of anilines is 1. The molecule has 0 aliphatic carbocycles. The molecule has 0 aromatic carbocycles. The van der Waals surface area contributed by atoms with E-state index in [1.54, 1.807) is 6.20 Å². The molecular weight excluding hydrogens is 583 g/mol. The lowest BCUT2D eigenvalue weighted by Gasteiger charge is -2.42. The standard InChI is InChI=1S/C27H31ClF3N5O4S/c1-25(2,3)40-24(37)36-15-4-5-16(36)13-35(12-15)21-18-17-6-9-32-20(28)19(17)41-22(18)34-23(33-21)39-14-26(27(29,30)31)7-10-38-11-8-26/h6,9,15-16H,4-5,7-8,10-14H2,1-3H3/t15-,16+. The predicted octanol–water partition coefficient (Wildman–Crippen LogP) is 6.22. The minimum absolute atomic E-state index is 0.0144. The number of nitrogens with zero attached hydrogens (tertiary/aromatic N) is 5. The number of pyridine rings is 1. The molecule has 14 heteroatoms. The Morgan fingerprint density at radius 3 is 2.49 bits per heavy atom. The number of piperazine rings is 1. The first-order chi connectivity index (χ1) is 19.4. The maximum atomic E-state index is 14.2. The van der Waals surface area contributed by atoms with Gasteiger partial charge < -0.3 is 19.1 Å². The second-order valence-electron chi connectivity index (χ2n) is 11.9. The van der Waals surface area contributed by atoms with Crippen LogP contribution in [0, 0.1) is 5.41 Å². The quantitative estimate of drug-likeness (QED) is 0.321. The van der Waals surface area contributed by atoms with Crippen molar-refractivity contribution in [1.29, 1.82) is 0 Å². The molecule has 3 aromatic rings. The van der Waals surface area contributed by atoms with Crippen molar-refractivity contribution >= 4 is 55.2 Å². The lowest BCUT2D eigenvalue weighted by Crippen LogP contribution is -2.57. The van der Waals surface area contributed by atoms with E-state index in [0.717, 1.165) is 23.6 Å². The number of alkyl halides is 3. The van der Waals surface area contributed by atoms with Gasteiger partial charge in [0.25, 0.3) is 0 Å². The third-order valence-corrected chi connectivity index (χ3v) is 9.58. The number of thiophene rings is 1. The van der Waals surface area contributed by atoms with E-state index in [4.69, 9.17) is 30.8 Å². The third-order valence-electron chi connectivity index (χ3n) is 8.08. The summed E-state index contributed by atoms with van der Waals surface area (Å²) in [6.45, 7) is 5.92. The van der Waals surface area contributed by atoms with Gasteiger partial charge in [-0.05, 0) is 52.5 Å². The van der Waals surface area contributed by atoms with Crippen molar-refractivity contribution in [2.75, 3.05) is 37.8 Å². The number of ether oxygens (including phenoxy) is 3. The van der Waals surface area contributed by atoms with Crippen LogP contribution in [0.3, 0.4) is 0 Å². The van der Waals surface area contributed by atoms with Gasteiger partial charge in [0.15, 0.2) is 0 Å². The predicted molar refractivity (Wildman–Crippen MR) is 149 cm³/mol. The average molecular weight is 614 g/mol. The summed E-state index contributed by atoms with van der Waals surface area (Å²) in [7, 11) is 0. The average Bonchev–Trinajstić information content (AvgIpc) is 3.41. The van der Waals surface area contributed by atoms with Crippen LogP contribution in [-0.2, 0) is 9.47 Å². The molecular formula is C27H31ClF3N5O4S. The minimum atomic E-state index is -4.46. The zero-order chi connectivity index (χ0) is 29.2. The summed E-state index contributed by atoms with van der Waals surface area (Å²) in [5.41, 5.74) is -2.64. The fraction of sp³-hybridized carbons (Fsp3) is 0.630. The molecule has 3 saturated heterocycles. The number of halogens is 4. The Labute approximate surface area is 243 Å². The monoisotopic (exact) mass is 613 g/mol. The van der Waals surface area contributed by atoms with Crippen molar-refractivity contribution in [1.82, 2.24) is 19.9 Å². The number of amides is 1. The SMILES string of the molecule is CC(C)(C)OC(=O)N1[C@@H]2CC[C@H]1CN(c1nc(OCC3(C(F)(F)F)CCOCC3)nc3sc4c(Cl)nccc4c13)C2. The molecule has 3 aliphatic heterocycles. The molecule has 6 heterocycles. The Bertz CT molecular complexity index is 1460. The van der Waals surface area contributed by atoms with Crippen LogP contribution < -0.4 is 9.64 Å². The Balaban J connectivity index is 1.36. The molecule has 3 fully saturated rings. The van der Waals surface area contributed by atoms with Gasteiger partial charge in [0.1, 0.15) is 33.4 Å². The Morgan fingerprint density at radius 1 is 1.17 bits per heavy atom. The van der Waals surface area contributed by atoms with Crippen LogP contribution in [0.15, 0.2) is 12.3 Å². The molecule has 0 saturated carbocycles. The molecule has 222 valence electrons. The number of carbonyl (C=O) groups is 1. The van der Waals surface area contributed by atoms with Crippen molar-refractivity contribution < 1.29 is 32.2 Å². The van der Waals surface area contributed by atoms with E-state index >= 15 is 0 Å². The second-order valence-corrected chi connectivity index (χ2v) is 13.3. The maximum absolute atomic E-state index is 14.2. The van der Waals surface area contributed by atoms with Gasteiger partial charge in [-0.25, -0.2) is 9.78 Å². The van der Waals surface area contributed by atoms with Crippen LogP contribution in [0.1, 0.15) is 46.5 Å². The van der Waals surface area contributed by atoms with Crippen LogP contribution in [0.2, 0.25) is 5.15 Å². The highest BCUT2D eigenvalue weighted by atomic mass is 35.5. The van der Waals surface area contributed by atoms with Crippen LogP contribution >= 0.6 is 22.9 Å². The Morgan fingerprint density at radius 2 is 1.85 bits per heavy atom. The molecule has 0 unspecified atom stereocenters. The van der Waals surface area contributed by atoms with Gasteiger partial charge >= 0.3 is 18.3 Å². The lowest BCUT2D eigenvalue weighted by atomic mass is 9.80. The molecule has 0 N–H and O–H groups in total. The van der Waals surface area contributed by atoms with Crippen molar-refractivity contribution in [3.05, 3.63) is 17.4 Å². The molecule has 0 radical (unpaired) electrons. The Hall–Kier alpha value is -2.64. The highest BCUT2D eigenvalue weighted by molar-refractivity contribution is 7.26. The van der Waals surface area contributed by atoms with E-state index < -0.39 is 23.8 Å². The first-order valence-corrected chi connectivity index (χ1v) is 14.8. The van der Waals surface area contributed by atoms with E-state index in [1.807, 2.05) is 31.7 Å². The highest BCUT2D eigenvalue weighted by Gasteiger charge is 2.56. The number of fused-ring (bicyclic) bond motifs is 5. The van der Waals surface area contributed by atoms with Crippen LogP contribution in [-0.4, -0.2) is 82.7 Å². The smallest absolute Gasteiger partial charge is 0.410 e. The summed E-state index contributed by atoms with van der Waals surface area (Å²) in [5, 5.41) is 1.86. The first-order valence-electron chi connectivity index (χ1n) is 13.6. The van der Waals surface area contributed by atoms with Gasteiger partial charge in [-0.2, -0.15) is 23.1 Å². The number of aromatic nitrogens is 3. The van der Waals surface area contributed by atoms with Crippen LogP contribution in [0.4, 0.5) is 23.8 Å². The van der Waals surface area contributed by atoms with Gasteiger partial charge in [-0.3, -0.25) is 4.90 Å². The van der Waals surface area contributed by atoms with Gasteiger partial charge in [0.05, 0.1) is 22.2 Å². The van der Waals surface area contributed by atoms with E-state index in [2.05, 4.69) is 14.9 Å². The molecule has 6 rings (SSSR count). The topological polar surface area (TPSA) is 89.9 Å². The van der Waals surface area contributed by atoms with Crippen LogP contribution in [0.5, 0.6) is 6.01 Å². The Kier molecular flexibility index (Phi) is 7.13. The van der Waals surface area contributed by atoms with Crippen molar-refractivity contribution in [2.24, 2.45) is 5.41 Å². The zero-order valence-electron chi connectivity index (χ0n) is 23.0. The molecule has 1 amide bonds. The van der Waals surface area contributed by atoms with Gasteiger partial charge in [0, 0.05) is 37.9 Å². The molecule has 3 aliphatic rings. The normalized spacial score (nSPS) is 22.9. The maximum Gasteiger partial charge on any atom is 0.410 e. The summed E-state index contributed by atoms with van der Waals surface area (Å²) in [4.78, 5) is 30.9. The van der Waals surface area contributed by atoms with E-state index in [0.29, 0.717) is 33.6 Å². The molecule has 2 bridgehead atoms. The molecule has 41 heavy (non-hydrogen) atoms. The minimum Gasteiger partial charge on any atom is -0.462 e. The second kappa shape index (κ2) is 10.3. The summed E-state index contributed by atoms with van der Waals surface area (Å²) in [5.74, 6) is 0.548. The number of hydrogen-bond acceptors (Lipinski definition) is 9. The number of carbonyl (C=O) groups excluding carboxylic acids is 1. The first kappa shape index (κ1) is 28.5. The van der Waals surface area contributed by atoms with Crippen molar-refractivity contribution in [2.45, 2.75) is 70.3 Å². The third kappa shape index (κ3) is 5.25. The summed E-state index contributed by atoms with van der Waals surface area (Å²) >= 11 is 7.71. The van der Waals surface area contributed by atoms with Gasteiger partial charge in [-0.1, -0.05) is 11.6 Å². The molecule has 0 spiro atoms. The largest absolute Gasteiger partial charge is 0.462 e. The van der Waals surface area contributed by atoms with E-state index in [-0.39, 0.29) is 50.2 Å². The fourth-order valence-corrected chi connectivity index (χ4v) is 7.30. The van der Waals surface area contributed by atoms with Gasteiger partial charge in [0.2, 0.25) is 0 Å². The van der Waals surface area contributed by atoms with E-state index in [9.17, 15) is 18.0 Å². The summed E-state index contributed by atoms with van der Waals surface area (Å²) < 4.78 is 59.8. The lowest BCUT2D eigenvalue weighted by molar-refractivity contribution is -0.254. The zero-order valence-corrected chi connectivity index (χ0v) is 24.5. The summed E-state index contributed by atoms with van der Waals surface area (Å²) in [6.07, 6.45) is -1.94.